The number of ether oxygens (including phenoxy) is 1. The molecule has 1 aromatic heterocycles. The third-order valence-corrected chi connectivity index (χ3v) is 5.60. The lowest BCUT2D eigenvalue weighted by molar-refractivity contribution is 0.0306. The maximum Gasteiger partial charge on any atom is 0.264 e. The number of hydrogen-bond donors (Lipinski definition) is 0. The van der Waals surface area contributed by atoms with Crippen molar-refractivity contribution in [1.82, 2.24) is 9.80 Å². The molecule has 0 bridgehead atoms. The van der Waals surface area contributed by atoms with Crippen LogP contribution in [0.3, 0.4) is 0 Å². The zero-order chi connectivity index (χ0) is 15.5. The van der Waals surface area contributed by atoms with Crippen LogP contribution < -0.4 is 0 Å². The average molecular weight is 322 g/mol. The fraction of sp³-hybridized carbons (Fsp3) is 0.706. The first kappa shape index (κ1) is 16.0. The van der Waals surface area contributed by atoms with E-state index in [1.807, 2.05) is 11.0 Å². The van der Waals surface area contributed by atoms with Gasteiger partial charge in [0.2, 0.25) is 0 Å². The van der Waals surface area contributed by atoms with Gasteiger partial charge in [-0.1, -0.05) is 13.8 Å². The van der Waals surface area contributed by atoms with Crippen molar-refractivity contribution in [2.75, 3.05) is 39.4 Å². The van der Waals surface area contributed by atoms with E-state index in [0.717, 1.165) is 24.5 Å². The molecular weight excluding hydrogens is 296 g/mol. The van der Waals surface area contributed by atoms with Crippen molar-refractivity contribution in [3.8, 4) is 0 Å². The summed E-state index contributed by atoms with van der Waals surface area (Å²) in [6.07, 6.45) is 2.49. The average Bonchev–Trinajstić information content (AvgIpc) is 3.15. The van der Waals surface area contributed by atoms with Gasteiger partial charge in [-0.15, -0.1) is 11.3 Å². The van der Waals surface area contributed by atoms with E-state index in [9.17, 15) is 4.79 Å². The molecule has 0 spiro atoms. The zero-order valence-electron chi connectivity index (χ0n) is 13.6. The number of likely N-dealkylation sites (tertiary alicyclic amines) is 1. The molecule has 0 aromatic carbocycles. The lowest BCUT2D eigenvalue weighted by atomic mass is 10.1. The summed E-state index contributed by atoms with van der Waals surface area (Å²) in [4.78, 5) is 19.3. The van der Waals surface area contributed by atoms with E-state index >= 15 is 0 Å². The highest BCUT2D eigenvalue weighted by molar-refractivity contribution is 7.14. The van der Waals surface area contributed by atoms with Crippen molar-refractivity contribution in [2.24, 2.45) is 5.92 Å². The van der Waals surface area contributed by atoms with Crippen LogP contribution in [-0.2, 0) is 4.74 Å². The van der Waals surface area contributed by atoms with E-state index in [0.29, 0.717) is 25.2 Å². The Morgan fingerprint density at radius 2 is 2.09 bits per heavy atom. The van der Waals surface area contributed by atoms with Crippen molar-refractivity contribution in [3.63, 3.8) is 0 Å². The first-order valence-electron chi connectivity index (χ1n) is 8.36. The molecule has 4 nitrogen and oxygen atoms in total. The predicted molar refractivity (Wildman–Crippen MR) is 89.4 cm³/mol. The van der Waals surface area contributed by atoms with Gasteiger partial charge in [0, 0.05) is 30.6 Å². The van der Waals surface area contributed by atoms with Crippen LogP contribution in [0.15, 0.2) is 12.1 Å². The Morgan fingerprint density at radius 1 is 1.32 bits per heavy atom. The summed E-state index contributed by atoms with van der Waals surface area (Å²) in [6.45, 7) is 9.64. The van der Waals surface area contributed by atoms with Crippen molar-refractivity contribution < 1.29 is 9.53 Å². The minimum absolute atomic E-state index is 0.174. The Hall–Kier alpha value is -0.910. The van der Waals surface area contributed by atoms with Crippen LogP contribution in [-0.4, -0.2) is 55.1 Å². The highest BCUT2D eigenvalue weighted by Gasteiger charge is 2.28. The lowest BCUT2D eigenvalue weighted by Gasteiger charge is -2.26. The molecule has 3 rings (SSSR count). The maximum absolute atomic E-state index is 12.6. The van der Waals surface area contributed by atoms with Crippen LogP contribution in [0.4, 0.5) is 0 Å². The van der Waals surface area contributed by atoms with E-state index in [-0.39, 0.29) is 5.91 Å². The number of carbonyl (C=O) groups excluding carboxylic acids is 1. The number of nitrogens with zero attached hydrogens (tertiary/aromatic N) is 2. The van der Waals surface area contributed by atoms with E-state index in [1.54, 1.807) is 11.3 Å². The standard InChI is InChI=1S/C17H26N2O2S/c1-13(2)12-19-7-3-4-14(19)15-5-6-16(22-15)17(20)18-8-10-21-11-9-18/h5-6,13-14H,3-4,7-12H2,1-2H3/t14-/m1/s1. The van der Waals surface area contributed by atoms with Crippen molar-refractivity contribution in [1.29, 1.82) is 0 Å². The molecule has 122 valence electrons. The molecule has 0 unspecified atom stereocenters. The second-order valence-corrected chi connectivity index (χ2v) is 7.77. The number of carbonyl (C=O) groups is 1. The summed E-state index contributed by atoms with van der Waals surface area (Å²) in [5.74, 6) is 0.864. The molecule has 3 heterocycles. The zero-order valence-corrected chi connectivity index (χ0v) is 14.4. The molecule has 0 saturated carbocycles. The van der Waals surface area contributed by atoms with Gasteiger partial charge < -0.3 is 9.64 Å². The third kappa shape index (κ3) is 3.53. The van der Waals surface area contributed by atoms with Gasteiger partial charge in [-0.05, 0) is 37.4 Å². The normalized spacial score (nSPS) is 23.4. The summed E-state index contributed by atoms with van der Waals surface area (Å²) in [7, 11) is 0. The first-order chi connectivity index (χ1) is 10.6. The quantitative estimate of drug-likeness (QED) is 0.854. The van der Waals surface area contributed by atoms with Gasteiger partial charge in [0.25, 0.3) is 5.91 Å². The Balaban J connectivity index is 1.68. The van der Waals surface area contributed by atoms with Gasteiger partial charge in [-0.2, -0.15) is 0 Å². The molecular formula is C17H26N2O2S. The van der Waals surface area contributed by atoms with E-state index in [1.165, 1.54) is 24.3 Å². The van der Waals surface area contributed by atoms with Gasteiger partial charge >= 0.3 is 0 Å². The molecule has 0 N–H and O–H groups in total. The van der Waals surface area contributed by atoms with Crippen LogP contribution in [0, 0.1) is 5.92 Å². The summed E-state index contributed by atoms with van der Waals surface area (Å²) >= 11 is 1.69. The van der Waals surface area contributed by atoms with Gasteiger partial charge in [-0.3, -0.25) is 9.69 Å². The number of thiophene rings is 1. The van der Waals surface area contributed by atoms with Crippen LogP contribution >= 0.6 is 11.3 Å². The Kier molecular flexibility index (Phi) is 5.16. The van der Waals surface area contributed by atoms with Gasteiger partial charge in [0.15, 0.2) is 0 Å². The number of hydrogen-bond acceptors (Lipinski definition) is 4. The number of rotatable bonds is 4. The summed E-state index contributed by atoms with van der Waals surface area (Å²) in [5, 5.41) is 0. The molecule has 0 radical (unpaired) electrons. The van der Waals surface area contributed by atoms with E-state index < -0.39 is 0 Å². The van der Waals surface area contributed by atoms with Crippen molar-refractivity contribution in [3.05, 3.63) is 21.9 Å². The van der Waals surface area contributed by atoms with Crippen LogP contribution in [0.2, 0.25) is 0 Å². The molecule has 1 atom stereocenters. The fourth-order valence-corrected chi connectivity index (χ4v) is 4.55. The van der Waals surface area contributed by atoms with Crippen molar-refractivity contribution >= 4 is 17.2 Å². The summed E-state index contributed by atoms with van der Waals surface area (Å²) < 4.78 is 5.33. The fourth-order valence-electron chi connectivity index (χ4n) is 3.41. The molecule has 0 aliphatic carbocycles. The predicted octanol–water partition coefficient (Wildman–Crippen LogP) is 3.01. The van der Waals surface area contributed by atoms with Crippen LogP contribution in [0.1, 0.15) is 47.3 Å². The monoisotopic (exact) mass is 322 g/mol. The first-order valence-corrected chi connectivity index (χ1v) is 9.17. The smallest absolute Gasteiger partial charge is 0.264 e. The van der Waals surface area contributed by atoms with E-state index in [2.05, 4.69) is 24.8 Å². The molecule has 2 fully saturated rings. The van der Waals surface area contributed by atoms with Gasteiger partial charge in [0.1, 0.15) is 0 Å². The highest BCUT2D eigenvalue weighted by atomic mass is 32.1. The largest absolute Gasteiger partial charge is 0.378 e. The Bertz CT molecular complexity index is 509. The third-order valence-electron chi connectivity index (χ3n) is 4.43. The minimum atomic E-state index is 0.174. The molecule has 2 saturated heterocycles. The second-order valence-electron chi connectivity index (χ2n) is 6.65. The SMILES string of the molecule is CC(C)CN1CCC[C@@H]1c1ccc(C(=O)N2CCOCC2)s1. The Morgan fingerprint density at radius 3 is 2.82 bits per heavy atom. The van der Waals surface area contributed by atoms with Crippen LogP contribution in [0.5, 0.6) is 0 Å². The highest BCUT2D eigenvalue weighted by Crippen LogP contribution is 2.36. The molecule has 2 aliphatic rings. The van der Waals surface area contributed by atoms with Crippen molar-refractivity contribution in [2.45, 2.75) is 32.7 Å². The molecule has 5 heteroatoms. The topological polar surface area (TPSA) is 32.8 Å². The lowest BCUT2D eigenvalue weighted by Crippen LogP contribution is -2.40. The van der Waals surface area contributed by atoms with Gasteiger partial charge in [0.05, 0.1) is 18.1 Å². The molecule has 1 aromatic rings. The molecule has 1 amide bonds. The number of amides is 1. The minimum Gasteiger partial charge on any atom is -0.378 e. The molecule has 22 heavy (non-hydrogen) atoms. The molecule has 2 aliphatic heterocycles. The number of morpholine rings is 1. The summed E-state index contributed by atoms with van der Waals surface area (Å²) in [5.41, 5.74) is 0. The van der Waals surface area contributed by atoms with Gasteiger partial charge in [-0.25, -0.2) is 0 Å². The maximum atomic E-state index is 12.6. The second kappa shape index (κ2) is 7.11. The summed E-state index contributed by atoms with van der Waals surface area (Å²) in [6, 6.07) is 4.70. The van der Waals surface area contributed by atoms with Crippen LogP contribution in [0.25, 0.3) is 0 Å². The van der Waals surface area contributed by atoms with E-state index in [4.69, 9.17) is 4.74 Å². The Labute approximate surface area is 137 Å².